The van der Waals surface area contributed by atoms with E-state index < -0.39 is 5.60 Å². The molecule has 19 heavy (non-hydrogen) atoms. The summed E-state index contributed by atoms with van der Waals surface area (Å²) in [6, 6.07) is 5.01. The number of ether oxygens (including phenoxy) is 1. The van der Waals surface area contributed by atoms with Crippen molar-refractivity contribution in [3.05, 3.63) is 29.3 Å². The predicted molar refractivity (Wildman–Crippen MR) is 70.2 cm³/mol. The van der Waals surface area contributed by atoms with E-state index in [2.05, 4.69) is 5.32 Å². The minimum atomic E-state index is -0.909. The van der Waals surface area contributed by atoms with Gasteiger partial charge in [-0.05, 0) is 18.6 Å². The lowest BCUT2D eigenvalue weighted by atomic mass is 9.94. The summed E-state index contributed by atoms with van der Waals surface area (Å²) >= 11 is 0. The van der Waals surface area contributed by atoms with E-state index in [1.165, 1.54) is 0 Å². The van der Waals surface area contributed by atoms with Gasteiger partial charge in [0.1, 0.15) is 5.75 Å². The van der Waals surface area contributed by atoms with Gasteiger partial charge in [0.15, 0.2) is 0 Å². The zero-order chi connectivity index (χ0) is 13.9. The summed E-state index contributed by atoms with van der Waals surface area (Å²) < 4.78 is 5.18. The monoisotopic (exact) mass is 265 g/mol. The largest absolute Gasteiger partial charge is 0.507 e. The fourth-order valence-electron chi connectivity index (χ4n) is 2.11. The molecule has 1 heterocycles. The maximum atomic E-state index is 12.0. The van der Waals surface area contributed by atoms with Crippen molar-refractivity contribution in [2.75, 3.05) is 19.8 Å². The molecule has 0 spiro atoms. The van der Waals surface area contributed by atoms with Gasteiger partial charge >= 0.3 is 0 Å². The van der Waals surface area contributed by atoms with Gasteiger partial charge in [-0.15, -0.1) is 0 Å². The fourth-order valence-corrected chi connectivity index (χ4v) is 2.11. The Labute approximate surface area is 112 Å². The number of phenols is 1. The highest BCUT2D eigenvalue weighted by Crippen LogP contribution is 2.22. The summed E-state index contributed by atoms with van der Waals surface area (Å²) in [5, 5.41) is 22.7. The molecule has 5 nitrogen and oxygen atoms in total. The smallest absolute Gasteiger partial charge is 0.255 e. The molecule has 1 aromatic carbocycles. The number of hydrogen-bond acceptors (Lipinski definition) is 4. The van der Waals surface area contributed by atoms with Crippen LogP contribution in [0.25, 0.3) is 0 Å². The van der Waals surface area contributed by atoms with E-state index in [1.54, 1.807) is 25.1 Å². The van der Waals surface area contributed by atoms with E-state index in [0.29, 0.717) is 31.6 Å². The second kappa shape index (κ2) is 5.59. The quantitative estimate of drug-likeness (QED) is 0.761. The first-order valence-electron chi connectivity index (χ1n) is 6.39. The highest BCUT2D eigenvalue weighted by Gasteiger charge is 2.30. The van der Waals surface area contributed by atoms with Crippen LogP contribution in [-0.4, -0.2) is 41.5 Å². The molecule has 0 aliphatic carbocycles. The molecule has 5 heteroatoms. The van der Waals surface area contributed by atoms with Gasteiger partial charge in [0, 0.05) is 32.6 Å². The van der Waals surface area contributed by atoms with Crippen molar-refractivity contribution in [3.8, 4) is 5.75 Å². The van der Waals surface area contributed by atoms with Crippen LogP contribution in [0.4, 0.5) is 0 Å². The maximum Gasteiger partial charge on any atom is 0.255 e. The van der Waals surface area contributed by atoms with E-state index in [0.717, 1.165) is 0 Å². The van der Waals surface area contributed by atoms with Gasteiger partial charge in [-0.25, -0.2) is 0 Å². The third-order valence-corrected chi connectivity index (χ3v) is 3.48. The SMILES string of the molecule is Cc1cccc(C(=O)NCC2(O)CCOCC2)c1O. The molecule has 0 radical (unpaired) electrons. The Balaban J connectivity index is 1.99. The molecule has 1 aliphatic rings. The molecule has 0 bridgehead atoms. The molecular weight excluding hydrogens is 246 g/mol. The van der Waals surface area contributed by atoms with Gasteiger partial charge in [-0.2, -0.15) is 0 Å². The van der Waals surface area contributed by atoms with Gasteiger partial charge in [0.25, 0.3) is 5.91 Å². The Kier molecular flexibility index (Phi) is 4.07. The fraction of sp³-hybridized carbons (Fsp3) is 0.500. The first-order valence-corrected chi connectivity index (χ1v) is 6.39. The number of benzene rings is 1. The Hall–Kier alpha value is -1.59. The summed E-state index contributed by atoms with van der Waals surface area (Å²) in [6.07, 6.45) is 1.01. The third kappa shape index (κ3) is 3.24. The lowest BCUT2D eigenvalue weighted by Crippen LogP contribution is -2.46. The minimum Gasteiger partial charge on any atom is -0.507 e. The van der Waals surface area contributed by atoms with Crippen LogP contribution in [-0.2, 0) is 4.74 Å². The zero-order valence-corrected chi connectivity index (χ0v) is 11.0. The van der Waals surface area contributed by atoms with Crippen LogP contribution in [0.5, 0.6) is 5.75 Å². The molecule has 104 valence electrons. The molecule has 0 unspecified atom stereocenters. The number of rotatable bonds is 3. The number of carbonyl (C=O) groups excluding carboxylic acids is 1. The molecule has 2 rings (SSSR count). The van der Waals surface area contributed by atoms with Gasteiger partial charge < -0.3 is 20.3 Å². The van der Waals surface area contributed by atoms with Crippen molar-refractivity contribution in [2.45, 2.75) is 25.4 Å². The summed E-state index contributed by atoms with van der Waals surface area (Å²) in [6.45, 7) is 2.91. The van der Waals surface area contributed by atoms with Gasteiger partial charge in [0.2, 0.25) is 0 Å². The van der Waals surface area contributed by atoms with Crippen molar-refractivity contribution in [3.63, 3.8) is 0 Å². The lowest BCUT2D eigenvalue weighted by molar-refractivity contribution is -0.0605. The van der Waals surface area contributed by atoms with E-state index in [9.17, 15) is 15.0 Å². The minimum absolute atomic E-state index is 0.0148. The first-order chi connectivity index (χ1) is 9.02. The van der Waals surface area contributed by atoms with Crippen molar-refractivity contribution < 1.29 is 19.7 Å². The van der Waals surface area contributed by atoms with Crippen LogP contribution < -0.4 is 5.32 Å². The number of hydrogen-bond donors (Lipinski definition) is 3. The number of aliphatic hydroxyl groups is 1. The summed E-state index contributed by atoms with van der Waals surface area (Å²) in [4.78, 5) is 12.0. The third-order valence-electron chi connectivity index (χ3n) is 3.48. The molecule has 1 aliphatic heterocycles. The second-order valence-corrected chi connectivity index (χ2v) is 4.99. The van der Waals surface area contributed by atoms with Crippen LogP contribution in [0.15, 0.2) is 18.2 Å². The Morgan fingerprint density at radius 2 is 2.11 bits per heavy atom. The van der Waals surface area contributed by atoms with Crippen LogP contribution >= 0.6 is 0 Å². The number of amides is 1. The molecular formula is C14H19NO4. The normalized spacial score (nSPS) is 18.0. The van der Waals surface area contributed by atoms with Gasteiger partial charge in [-0.1, -0.05) is 12.1 Å². The molecule has 1 saturated heterocycles. The Morgan fingerprint density at radius 3 is 2.79 bits per heavy atom. The van der Waals surface area contributed by atoms with E-state index in [1.807, 2.05) is 0 Å². The van der Waals surface area contributed by atoms with Gasteiger partial charge in [-0.3, -0.25) is 4.79 Å². The first kappa shape index (κ1) is 13.8. The lowest BCUT2D eigenvalue weighted by Gasteiger charge is -2.32. The van der Waals surface area contributed by atoms with Crippen molar-refractivity contribution in [2.24, 2.45) is 0 Å². The number of para-hydroxylation sites is 1. The topological polar surface area (TPSA) is 78.8 Å². The maximum absolute atomic E-state index is 12.0. The van der Waals surface area contributed by atoms with Crippen molar-refractivity contribution in [1.29, 1.82) is 0 Å². The average molecular weight is 265 g/mol. The molecule has 1 aromatic rings. The van der Waals surface area contributed by atoms with Crippen LogP contribution in [0.3, 0.4) is 0 Å². The van der Waals surface area contributed by atoms with Crippen LogP contribution in [0.1, 0.15) is 28.8 Å². The van der Waals surface area contributed by atoms with Crippen LogP contribution in [0, 0.1) is 6.92 Å². The number of nitrogens with one attached hydrogen (secondary N) is 1. The van der Waals surface area contributed by atoms with Crippen molar-refractivity contribution in [1.82, 2.24) is 5.32 Å². The standard InChI is InChI=1S/C14H19NO4/c1-10-3-2-4-11(12(10)16)13(17)15-9-14(18)5-7-19-8-6-14/h2-4,16,18H,5-9H2,1H3,(H,15,17). The molecule has 0 aromatic heterocycles. The summed E-state index contributed by atoms with van der Waals surface area (Å²) in [5.74, 6) is -0.389. The molecule has 0 atom stereocenters. The Bertz CT molecular complexity index is 467. The van der Waals surface area contributed by atoms with Crippen LogP contribution in [0.2, 0.25) is 0 Å². The average Bonchev–Trinajstić information content (AvgIpc) is 2.40. The van der Waals surface area contributed by atoms with E-state index >= 15 is 0 Å². The van der Waals surface area contributed by atoms with E-state index in [4.69, 9.17) is 4.74 Å². The summed E-state index contributed by atoms with van der Waals surface area (Å²) in [5.41, 5.74) is -0.0269. The highest BCUT2D eigenvalue weighted by molar-refractivity contribution is 5.97. The zero-order valence-electron chi connectivity index (χ0n) is 11.0. The van der Waals surface area contributed by atoms with E-state index in [-0.39, 0.29) is 23.8 Å². The number of aromatic hydroxyl groups is 1. The molecule has 1 fully saturated rings. The number of phenolic OH excluding ortho intramolecular Hbond substituents is 1. The summed E-state index contributed by atoms with van der Waals surface area (Å²) in [7, 11) is 0. The van der Waals surface area contributed by atoms with Gasteiger partial charge in [0.05, 0.1) is 11.2 Å². The Morgan fingerprint density at radius 1 is 1.42 bits per heavy atom. The molecule has 0 saturated carbocycles. The highest BCUT2D eigenvalue weighted by atomic mass is 16.5. The predicted octanol–water partition coefficient (Wildman–Crippen LogP) is 0.972. The number of carbonyl (C=O) groups is 1. The van der Waals surface area contributed by atoms with Crippen molar-refractivity contribution >= 4 is 5.91 Å². The molecule has 3 N–H and O–H groups in total. The second-order valence-electron chi connectivity index (χ2n) is 4.99. The molecule has 1 amide bonds. The number of aryl methyl sites for hydroxylation is 1.